The molecule has 2 atom stereocenters. The predicted octanol–water partition coefficient (Wildman–Crippen LogP) is 5.62. The molecule has 7 nitrogen and oxygen atoms in total. The van der Waals surface area contributed by atoms with Gasteiger partial charge >= 0.3 is 24.0 Å². The maximum Gasteiger partial charge on any atom is 0.435 e. The van der Waals surface area contributed by atoms with Crippen LogP contribution in [0.15, 0.2) is 53.4 Å². The summed E-state index contributed by atoms with van der Waals surface area (Å²) in [6.07, 6.45) is -14.4. The van der Waals surface area contributed by atoms with Gasteiger partial charge < -0.3 is 14.7 Å². The Balaban J connectivity index is 1.61. The summed E-state index contributed by atoms with van der Waals surface area (Å²) in [7, 11) is -4.56. The van der Waals surface area contributed by atoms with Crippen LogP contribution in [0.4, 0.5) is 35.1 Å². The van der Waals surface area contributed by atoms with Gasteiger partial charge in [-0.2, -0.15) is 26.3 Å². The standard InChI is InChI=1S/C28H25F8NO6S/c29-24(23(39)40)10-8-16(9-11-24)22(38)37-13-12-25(44(41,42)18-4-2-1-3-5-18)19-7-6-17(14-20(19)43-15-21(25)37)26(30,27(31,32)33)28(34,35)36/h1-7,14,16,21H,8-13,15H2,(H,39,40). The quantitative estimate of drug-likeness (QED) is 0.420. The van der Waals surface area contributed by atoms with Crippen molar-refractivity contribution in [1.82, 2.24) is 4.90 Å². The van der Waals surface area contributed by atoms with Crippen molar-refractivity contribution >= 4 is 21.7 Å². The number of alkyl halides is 8. The second-order valence-corrected chi connectivity index (χ2v) is 13.4. The van der Waals surface area contributed by atoms with Gasteiger partial charge in [-0.3, -0.25) is 4.79 Å². The Morgan fingerprint density at radius 1 is 0.909 bits per heavy atom. The number of sulfone groups is 1. The molecule has 3 aliphatic rings. The topological polar surface area (TPSA) is 101 Å². The molecule has 0 radical (unpaired) electrons. The van der Waals surface area contributed by atoms with Crippen LogP contribution in [-0.4, -0.2) is 67.5 Å². The number of halogens is 8. The normalized spacial score (nSPS) is 27.7. The van der Waals surface area contributed by atoms with Gasteiger partial charge in [-0.1, -0.05) is 30.3 Å². The number of carboxylic acids is 1. The van der Waals surface area contributed by atoms with Gasteiger partial charge in [0.1, 0.15) is 17.1 Å². The highest BCUT2D eigenvalue weighted by Gasteiger charge is 2.74. The molecule has 2 unspecified atom stereocenters. The number of carboxylic acid groups (broad SMARTS) is 1. The number of aliphatic carboxylic acids is 1. The van der Waals surface area contributed by atoms with Crippen molar-refractivity contribution in [2.45, 2.75) is 71.5 Å². The number of hydrogen-bond donors (Lipinski definition) is 1. The minimum atomic E-state index is -6.42. The summed E-state index contributed by atoms with van der Waals surface area (Å²) in [5, 5.41) is 9.17. The molecule has 0 bridgehead atoms. The average Bonchev–Trinajstić information content (AvgIpc) is 3.37. The van der Waals surface area contributed by atoms with Gasteiger partial charge in [-0.25, -0.2) is 22.0 Å². The van der Waals surface area contributed by atoms with Gasteiger partial charge in [-0.15, -0.1) is 0 Å². The number of carbonyl (C=O) groups is 2. The summed E-state index contributed by atoms with van der Waals surface area (Å²) in [5.74, 6) is -3.87. The Labute approximate surface area is 245 Å². The molecule has 44 heavy (non-hydrogen) atoms. The number of amides is 1. The molecule has 1 saturated heterocycles. The van der Waals surface area contributed by atoms with E-state index in [4.69, 9.17) is 9.84 Å². The van der Waals surface area contributed by atoms with Crippen molar-refractivity contribution in [2.75, 3.05) is 13.2 Å². The number of nitrogens with zero attached hydrogens (tertiary/aromatic N) is 1. The van der Waals surface area contributed by atoms with Crippen LogP contribution in [0.25, 0.3) is 0 Å². The van der Waals surface area contributed by atoms with Gasteiger partial charge in [0, 0.05) is 23.6 Å². The average molecular weight is 656 g/mol. The molecule has 240 valence electrons. The molecular formula is C28H25F8NO6S. The number of carbonyl (C=O) groups excluding carboxylic acids is 1. The van der Waals surface area contributed by atoms with E-state index in [0.717, 1.165) is 0 Å². The second-order valence-electron chi connectivity index (χ2n) is 11.2. The first-order valence-corrected chi connectivity index (χ1v) is 14.9. The lowest BCUT2D eigenvalue weighted by atomic mass is 9.79. The van der Waals surface area contributed by atoms with Crippen LogP contribution in [-0.2, 0) is 29.8 Å². The van der Waals surface area contributed by atoms with Crippen molar-refractivity contribution in [1.29, 1.82) is 0 Å². The molecule has 2 aromatic carbocycles. The number of fused-ring (bicyclic) bond motifs is 3. The molecule has 1 amide bonds. The third-order valence-electron chi connectivity index (χ3n) is 8.98. The molecule has 2 aromatic rings. The van der Waals surface area contributed by atoms with Crippen LogP contribution < -0.4 is 4.74 Å². The van der Waals surface area contributed by atoms with E-state index in [2.05, 4.69) is 0 Å². The predicted molar refractivity (Wildman–Crippen MR) is 136 cm³/mol. The van der Waals surface area contributed by atoms with Gasteiger partial charge in [0.25, 0.3) is 0 Å². The van der Waals surface area contributed by atoms with E-state index in [0.29, 0.717) is 6.07 Å². The minimum Gasteiger partial charge on any atom is -0.491 e. The summed E-state index contributed by atoms with van der Waals surface area (Å²) in [4.78, 5) is 25.9. The minimum absolute atomic E-state index is 0.155. The zero-order valence-corrected chi connectivity index (χ0v) is 23.4. The van der Waals surface area contributed by atoms with Crippen molar-refractivity contribution in [3.63, 3.8) is 0 Å². The van der Waals surface area contributed by atoms with Gasteiger partial charge in [0.2, 0.25) is 11.6 Å². The Hall–Kier alpha value is -3.43. The first-order valence-electron chi connectivity index (χ1n) is 13.4. The number of benzene rings is 2. The Morgan fingerprint density at radius 3 is 2.05 bits per heavy atom. The molecule has 1 N–H and O–H groups in total. The third kappa shape index (κ3) is 4.53. The van der Waals surface area contributed by atoms with E-state index in [1.165, 1.54) is 35.2 Å². The molecule has 2 fully saturated rings. The van der Waals surface area contributed by atoms with Gasteiger partial charge in [0.05, 0.1) is 10.9 Å². The van der Waals surface area contributed by atoms with E-state index < -0.39 is 92.9 Å². The Bertz CT molecular complexity index is 1560. The Kier molecular flexibility index (Phi) is 7.49. The summed E-state index contributed by atoms with van der Waals surface area (Å²) in [5.41, 5.74) is -10.5. The van der Waals surface area contributed by atoms with E-state index >= 15 is 0 Å². The van der Waals surface area contributed by atoms with Crippen LogP contribution in [0.3, 0.4) is 0 Å². The molecule has 0 spiro atoms. The van der Waals surface area contributed by atoms with Crippen LogP contribution in [0, 0.1) is 5.92 Å². The number of rotatable bonds is 5. The second kappa shape index (κ2) is 10.3. The molecule has 16 heteroatoms. The molecule has 1 aliphatic carbocycles. The van der Waals surface area contributed by atoms with Crippen LogP contribution in [0.5, 0.6) is 5.75 Å². The van der Waals surface area contributed by atoms with Gasteiger partial charge in [-0.05, 0) is 50.3 Å². The maximum absolute atomic E-state index is 14.9. The first-order chi connectivity index (χ1) is 20.3. The highest BCUT2D eigenvalue weighted by Crippen LogP contribution is 2.57. The zero-order valence-electron chi connectivity index (χ0n) is 22.6. The fourth-order valence-corrected chi connectivity index (χ4v) is 8.87. The maximum atomic E-state index is 14.9. The smallest absolute Gasteiger partial charge is 0.435 e. The van der Waals surface area contributed by atoms with E-state index in [9.17, 15) is 53.1 Å². The lowest BCUT2D eigenvalue weighted by Crippen LogP contribution is -2.56. The van der Waals surface area contributed by atoms with Crippen LogP contribution in [0.1, 0.15) is 43.2 Å². The monoisotopic (exact) mass is 655 g/mol. The van der Waals surface area contributed by atoms with Crippen molar-refractivity contribution in [2.24, 2.45) is 5.92 Å². The summed E-state index contributed by atoms with van der Waals surface area (Å²) < 4.78 is 143. The van der Waals surface area contributed by atoms with Crippen LogP contribution in [0.2, 0.25) is 0 Å². The molecule has 1 saturated carbocycles. The van der Waals surface area contributed by atoms with Crippen molar-refractivity contribution < 1.29 is 63.0 Å². The molecule has 5 rings (SSSR count). The Morgan fingerprint density at radius 2 is 1.50 bits per heavy atom. The van der Waals surface area contributed by atoms with E-state index in [-0.39, 0.29) is 48.4 Å². The fraction of sp³-hybridized carbons (Fsp3) is 0.500. The van der Waals surface area contributed by atoms with E-state index in [1.54, 1.807) is 0 Å². The SMILES string of the molecule is O=C(C1CCC(F)(C(=O)O)CC1)N1CCC2(S(=O)(=O)c3ccccc3)c3ccc(C(F)(C(F)(F)F)C(F)(F)F)cc3OCC12. The highest BCUT2D eigenvalue weighted by atomic mass is 32.2. The lowest BCUT2D eigenvalue weighted by Gasteiger charge is -2.43. The van der Waals surface area contributed by atoms with Crippen LogP contribution >= 0.6 is 0 Å². The largest absolute Gasteiger partial charge is 0.491 e. The first kappa shape index (κ1) is 32.0. The number of ether oxygens (including phenoxy) is 1. The highest BCUT2D eigenvalue weighted by molar-refractivity contribution is 7.92. The molecule has 2 aliphatic heterocycles. The van der Waals surface area contributed by atoms with E-state index in [1.807, 2.05) is 0 Å². The molecular weight excluding hydrogens is 630 g/mol. The van der Waals surface area contributed by atoms with Crippen molar-refractivity contribution in [3.05, 3.63) is 59.7 Å². The molecule has 0 aromatic heterocycles. The molecule has 2 heterocycles. The lowest BCUT2D eigenvalue weighted by molar-refractivity contribution is -0.348. The van der Waals surface area contributed by atoms with Gasteiger partial charge in [0.15, 0.2) is 9.84 Å². The van der Waals surface area contributed by atoms with Crippen molar-refractivity contribution in [3.8, 4) is 5.75 Å². The number of likely N-dealkylation sites (tertiary alicyclic amines) is 1. The summed E-state index contributed by atoms with van der Waals surface area (Å²) >= 11 is 0. The zero-order chi connectivity index (χ0) is 32.5. The fourth-order valence-electron chi connectivity index (χ4n) is 6.56. The third-order valence-corrected chi connectivity index (χ3v) is 11.5. The summed E-state index contributed by atoms with van der Waals surface area (Å²) in [6.45, 7) is -0.908. The summed E-state index contributed by atoms with van der Waals surface area (Å²) in [6, 6.07) is 6.53. The number of hydrogen-bond acceptors (Lipinski definition) is 5.